The maximum absolute atomic E-state index is 5.47. The number of ether oxygens (including phenoxy) is 1. The van der Waals surface area contributed by atoms with E-state index in [0.717, 1.165) is 28.1 Å². The van der Waals surface area contributed by atoms with Crippen LogP contribution in [0, 0.1) is 0 Å². The van der Waals surface area contributed by atoms with Crippen molar-refractivity contribution in [2.75, 3.05) is 25.6 Å². The third kappa shape index (κ3) is 4.26. The molecular formula is C20H24N4O2. The van der Waals surface area contributed by atoms with Gasteiger partial charge in [-0.15, -0.1) is 0 Å². The summed E-state index contributed by atoms with van der Waals surface area (Å²) in [5.74, 6) is 1.47. The maximum atomic E-state index is 5.47. The highest BCUT2D eigenvalue weighted by Gasteiger charge is 2.20. The smallest absolute Gasteiger partial charge is 0.222 e. The monoisotopic (exact) mass is 352 g/mol. The number of nitrogens with one attached hydrogen (secondary N) is 1. The van der Waals surface area contributed by atoms with Crippen molar-refractivity contribution in [2.45, 2.75) is 26.2 Å². The number of aromatic nitrogens is 3. The molecule has 2 heterocycles. The van der Waals surface area contributed by atoms with E-state index in [-0.39, 0.29) is 5.41 Å². The van der Waals surface area contributed by atoms with Crippen LogP contribution in [0.15, 0.2) is 47.2 Å². The Morgan fingerprint density at radius 2 is 1.65 bits per heavy atom. The number of rotatable bonds is 6. The van der Waals surface area contributed by atoms with Gasteiger partial charge in [-0.1, -0.05) is 50.2 Å². The second-order valence-electron chi connectivity index (χ2n) is 7.12. The van der Waals surface area contributed by atoms with Gasteiger partial charge in [-0.25, -0.2) is 9.97 Å². The van der Waals surface area contributed by atoms with Gasteiger partial charge in [-0.2, -0.15) is 0 Å². The Balaban J connectivity index is 1.72. The maximum Gasteiger partial charge on any atom is 0.222 e. The summed E-state index contributed by atoms with van der Waals surface area (Å²) in [6.07, 6.45) is 3.62. The second-order valence-corrected chi connectivity index (χ2v) is 7.12. The van der Waals surface area contributed by atoms with Crippen LogP contribution in [0.2, 0.25) is 0 Å². The highest BCUT2D eigenvalue weighted by molar-refractivity contribution is 5.68. The van der Waals surface area contributed by atoms with Crippen molar-refractivity contribution in [2.24, 2.45) is 0 Å². The molecule has 0 spiro atoms. The fourth-order valence-electron chi connectivity index (χ4n) is 2.43. The normalized spacial score (nSPS) is 11.5. The van der Waals surface area contributed by atoms with Crippen molar-refractivity contribution in [1.82, 2.24) is 15.1 Å². The molecule has 0 fully saturated rings. The molecule has 1 N–H and O–H groups in total. The van der Waals surface area contributed by atoms with E-state index in [2.05, 4.69) is 41.2 Å². The van der Waals surface area contributed by atoms with Gasteiger partial charge >= 0.3 is 0 Å². The third-order valence-corrected chi connectivity index (χ3v) is 4.00. The van der Waals surface area contributed by atoms with Gasteiger partial charge in [-0.3, -0.25) is 0 Å². The van der Waals surface area contributed by atoms with Crippen molar-refractivity contribution in [1.29, 1.82) is 0 Å². The number of methoxy groups -OCH3 is 1. The molecule has 0 bridgehead atoms. The van der Waals surface area contributed by atoms with Crippen LogP contribution in [-0.2, 0) is 10.2 Å². The first kappa shape index (κ1) is 18.1. The molecule has 0 aliphatic carbocycles. The molecule has 26 heavy (non-hydrogen) atoms. The van der Waals surface area contributed by atoms with Gasteiger partial charge in [0.15, 0.2) is 0 Å². The van der Waals surface area contributed by atoms with E-state index in [0.29, 0.717) is 19.1 Å². The zero-order valence-corrected chi connectivity index (χ0v) is 15.6. The molecule has 0 aliphatic rings. The van der Waals surface area contributed by atoms with E-state index in [9.17, 15) is 0 Å². The summed E-state index contributed by atoms with van der Waals surface area (Å²) in [6.45, 7) is 7.61. The number of hydrogen-bond acceptors (Lipinski definition) is 6. The topological polar surface area (TPSA) is 73.1 Å². The lowest BCUT2D eigenvalue weighted by Crippen LogP contribution is -2.09. The molecular weight excluding hydrogens is 328 g/mol. The lowest BCUT2D eigenvalue weighted by molar-refractivity contribution is 0.210. The number of hydrogen-bond donors (Lipinski definition) is 1. The van der Waals surface area contributed by atoms with E-state index in [4.69, 9.17) is 9.26 Å². The van der Waals surface area contributed by atoms with Gasteiger partial charge in [-0.05, 0) is 5.56 Å². The Kier molecular flexibility index (Phi) is 5.32. The number of nitrogens with zero attached hydrogens (tertiary/aromatic N) is 3. The van der Waals surface area contributed by atoms with E-state index in [1.54, 1.807) is 7.11 Å². The van der Waals surface area contributed by atoms with Crippen LogP contribution in [0.3, 0.4) is 0 Å². The van der Waals surface area contributed by atoms with Crippen LogP contribution in [0.1, 0.15) is 26.5 Å². The number of benzene rings is 1. The molecule has 0 atom stereocenters. The van der Waals surface area contributed by atoms with Crippen LogP contribution in [-0.4, -0.2) is 35.4 Å². The zero-order valence-electron chi connectivity index (χ0n) is 15.6. The number of anilines is 1. The zero-order chi connectivity index (χ0) is 18.6. The molecule has 6 nitrogen and oxygen atoms in total. The third-order valence-electron chi connectivity index (χ3n) is 4.00. The molecule has 3 aromatic rings. The summed E-state index contributed by atoms with van der Waals surface area (Å²) in [6, 6.07) is 10.1. The molecule has 0 unspecified atom stereocenters. The second kappa shape index (κ2) is 7.66. The molecule has 1 aromatic carbocycles. The Morgan fingerprint density at radius 3 is 2.23 bits per heavy atom. The van der Waals surface area contributed by atoms with Crippen LogP contribution in [0.4, 0.5) is 5.95 Å². The predicted octanol–water partition coefficient (Wildman–Crippen LogP) is 4.15. The fraction of sp³-hybridized carbons (Fsp3) is 0.350. The summed E-state index contributed by atoms with van der Waals surface area (Å²) in [7, 11) is 1.66. The van der Waals surface area contributed by atoms with Crippen molar-refractivity contribution in [3.05, 3.63) is 48.5 Å². The molecule has 6 heteroatoms. The van der Waals surface area contributed by atoms with Crippen molar-refractivity contribution in [3.8, 4) is 22.4 Å². The largest absolute Gasteiger partial charge is 0.383 e. The standard InChI is InChI=1S/C20H24N4O2/c1-20(2,3)18-11-17(24-26-18)15-7-5-14(6-8-15)16-12-22-19(23-13-16)21-9-10-25-4/h5-8,11-13H,9-10H2,1-4H3,(H,21,22,23). The first-order chi connectivity index (χ1) is 12.5. The molecule has 2 aromatic heterocycles. The summed E-state index contributed by atoms with van der Waals surface area (Å²) < 4.78 is 10.5. The molecule has 0 radical (unpaired) electrons. The van der Waals surface area contributed by atoms with Gasteiger partial charge in [0.1, 0.15) is 11.5 Å². The van der Waals surface area contributed by atoms with Crippen LogP contribution < -0.4 is 5.32 Å². The molecule has 0 amide bonds. The van der Waals surface area contributed by atoms with Crippen molar-refractivity contribution in [3.63, 3.8) is 0 Å². The molecule has 0 saturated carbocycles. The van der Waals surface area contributed by atoms with Crippen LogP contribution in [0.5, 0.6) is 0 Å². The van der Waals surface area contributed by atoms with E-state index in [1.807, 2.05) is 42.7 Å². The summed E-state index contributed by atoms with van der Waals surface area (Å²) in [4.78, 5) is 8.67. The highest BCUT2D eigenvalue weighted by atomic mass is 16.5. The lowest BCUT2D eigenvalue weighted by Gasteiger charge is -2.12. The summed E-state index contributed by atoms with van der Waals surface area (Å²) in [5, 5.41) is 7.29. The fourth-order valence-corrected chi connectivity index (χ4v) is 2.43. The molecule has 0 aliphatic heterocycles. The van der Waals surface area contributed by atoms with Crippen molar-refractivity contribution < 1.29 is 9.26 Å². The lowest BCUT2D eigenvalue weighted by atomic mass is 9.93. The minimum atomic E-state index is -0.0540. The highest BCUT2D eigenvalue weighted by Crippen LogP contribution is 2.28. The van der Waals surface area contributed by atoms with E-state index >= 15 is 0 Å². The average Bonchev–Trinajstić information content (AvgIpc) is 3.13. The Hall–Kier alpha value is -2.73. The summed E-state index contributed by atoms with van der Waals surface area (Å²) in [5.41, 5.74) is 3.82. The quantitative estimate of drug-likeness (QED) is 0.672. The molecule has 136 valence electrons. The van der Waals surface area contributed by atoms with Crippen LogP contribution in [0.25, 0.3) is 22.4 Å². The van der Waals surface area contributed by atoms with Gasteiger partial charge in [0.05, 0.1) is 6.61 Å². The Bertz CT molecular complexity index is 833. The van der Waals surface area contributed by atoms with Crippen molar-refractivity contribution >= 4 is 5.95 Å². The minimum absolute atomic E-state index is 0.0540. The SMILES string of the molecule is COCCNc1ncc(-c2ccc(-c3cc(C(C)(C)C)on3)cc2)cn1. The first-order valence-electron chi connectivity index (χ1n) is 8.60. The molecule has 0 saturated heterocycles. The van der Waals surface area contributed by atoms with Gasteiger partial charge in [0.25, 0.3) is 0 Å². The van der Waals surface area contributed by atoms with Gasteiger partial charge in [0.2, 0.25) is 5.95 Å². The van der Waals surface area contributed by atoms with E-state index < -0.39 is 0 Å². The average molecular weight is 352 g/mol. The minimum Gasteiger partial charge on any atom is -0.383 e. The summed E-state index contributed by atoms with van der Waals surface area (Å²) >= 11 is 0. The Labute approximate surface area is 153 Å². The van der Waals surface area contributed by atoms with E-state index in [1.165, 1.54) is 0 Å². The first-order valence-corrected chi connectivity index (χ1v) is 8.60. The van der Waals surface area contributed by atoms with Gasteiger partial charge < -0.3 is 14.6 Å². The van der Waals surface area contributed by atoms with Gasteiger partial charge in [0, 0.05) is 48.7 Å². The molecule has 3 rings (SSSR count). The predicted molar refractivity (Wildman–Crippen MR) is 102 cm³/mol. The Morgan fingerprint density at radius 1 is 1.00 bits per heavy atom. The van der Waals surface area contributed by atoms with Crippen LogP contribution >= 0.6 is 0 Å².